The lowest BCUT2D eigenvalue weighted by atomic mass is 10.1. The Morgan fingerprint density at radius 2 is 2.22 bits per heavy atom. The Labute approximate surface area is 117 Å². The third kappa shape index (κ3) is 3.39. The molecular formula is C14H20BrNO2. The van der Waals surface area contributed by atoms with E-state index < -0.39 is 0 Å². The number of nitrogens with one attached hydrogen (secondary N) is 1. The third-order valence-electron chi connectivity index (χ3n) is 3.13. The van der Waals surface area contributed by atoms with E-state index in [1.807, 2.05) is 6.07 Å². The zero-order valence-electron chi connectivity index (χ0n) is 11.0. The number of hydrogen-bond acceptors (Lipinski definition) is 3. The van der Waals surface area contributed by atoms with Gasteiger partial charge in [0.15, 0.2) is 11.5 Å². The minimum Gasteiger partial charge on any atom is -0.454 e. The van der Waals surface area contributed by atoms with Crippen LogP contribution in [0.15, 0.2) is 16.6 Å². The minimum absolute atomic E-state index is 0.317. The summed E-state index contributed by atoms with van der Waals surface area (Å²) >= 11 is 3.51. The Kier molecular flexibility index (Phi) is 4.89. The lowest BCUT2D eigenvalue weighted by Gasteiger charge is -2.13. The lowest BCUT2D eigenvalue weighted by Crippen LogP contribution is -2.25. The monoisotopic (exact) mass is 313 g/mol. The summed E-state index contributed by atoms with van der Waals surface area (Å²) in [4.78, 5) is 0. The molecule has 0 aromatic heterocycles. The highest BCUT2D eigenvalue weighted by Crippen LogP contribution is 2.39. The van der Waals surface area contributed by atoms with Gasteiger partial charge < -0.3 is 14.8 Å². The van der Waals surface area contributed by atoms with Crippen LogP contribution in [0.4, 0.5) is 0 Å². The van der Waals surface area contributed by atoms with Crippen LogP contribution in [0.1, 0.15) is 38.7 Å². The molecule has 18 heavy (non-hydrogen) atoms. The van der Waals surface area contributed by atoms with E-state index >= 15 is 0 Å². The topological polar surface area (TPSA) is 30.5 Å². The molecule has 2 rings (SSSR count). The molecule has 3 nitrogen and oxygen atoms in total. The van der Waals surface area contributed by atoms with E-state index in [0.29, 0.717) is 12.8 Å². The molecule has 0 fully saturated rings. The molecule has 1 aliphatic rings. The number of hydrogen-bond donors (Lipinski definition) is 1. The van der Waals surface area contributed by atoms with Gasteiger partial charge in [0.1, 0.15) is 0 Å². The van der Waals surface area contributed by atoms with Crippen LogP contribution in [0.3, 0.4) is 0 Å². The van der Waals surface area contributed by atoms with Gasteiger partial charge in [0.25, 0.3) is 0 Å². The Morgan fingerprint density at radius 3 is 3.00 bits per heavy atom. The predicted molar refractivity (Wildman–Crippen MR) is 76.1 cm³/mol. The molecule has 1 unspecified atom stereocenters. The molecule has 1 heterocycles. The average molecular weight is 314 g/mol. The van der Waals surface area contributed by atoms with Crippen molar-refractivity contribution >= 4 is 15.9 Å². The molecule has 100 valence electrons. The van der Waals surface area contributed by atoms with E-state index in [1.54, 1.807) is 0 Å². The fourth-order valence-corrected chi connectivity index (χ4v) is 2.63. The molecule has 1 aromatic rings. The number of ether oxygens (including phenoxy) is 2. The fourth-order valence-electron chi connectivity index (χ4n) is 2.03. The molecule has 1 N–H and O–H groups in total. The molecule has 0 amide bonds. The second kappa shape index (κ2) is 6.43. The van der Waals surface area contributed by atoms with Crippen LogP contribution in [0.5, 0.6) is 11.5 Å². The molecule has 0 aliphatic carbocycles. The Bertz CT molecular complexity index is 409. The first-order valence-electron chi connectivity index (χ1n) is 6.52. The van der Waals surface area contributed by atoms with Crippen LogP contribution in [0.2, 0.25) is 0 Å². The van der Waals surface area contributed by atoms with Crippen LogP contribution < -0.4 is 14.8 Å². The molecule has 0 bridgehead atoms. The quantitative estimate of drug-likeness (QED) is 0.865. The van der Waals surface area contributed by atoms with E-state index in [2.05, 4.69) is 41.2 Å². The van der Waals surface area contributed by atoms with Gasteiger partial charge in [-0.1, -0.05) is 19.8 Å². The number of benzene rings is 1. The van der Waals surface area contributed by atoms with Crippen LogP contribution in [-0.4, -0.2) is 12.8 Å². The van der Waals surface area contributed by atoms with Gasteiger partial charge in [0.2, 0.25) is 6.79 Å². The second-order valence-electron chi connectivity index (χ2n) is 4.74. The van der Waals surface area contributed by atoms with Gasteiger partial charge in [-0.3, -0.25) is 0 Å². The normalized spacial score (nSPS) is 14.8. The molecule has 0 spiro atoms. The molecule has 0 radical (unpaired) electrons. The first-order chi connectivity index (χ1) is 8.70. The maximum atomic E-state index is 5.41. The third-order valence-corrected chi connectivity index (χ3v) is 3.72. The molecule has 0 saturated heterocycles. The summed E-state index contributed by atoms with van der Waals surface area (Å²) in [7, 11) is 0. The molecule has 1 aromatic carbocycles. The Balaban J connectivity index is 1.92. The van der Waals surface area contributed by atoms with Crippen LogP contribution in [0.25, 0.3) is 0 Å². The van der Waals surface area contributed by atoms with Crippen LogP contribution in [0, 0.1) is 0 Å². The highest BCUT2D eigenvalue weighted by Gasteiger charge is 2.17. The van der Waals surface area contributed by atoms with Gasteiger partial charge in [0, 0.05) is 12.6 Å². The van der Waals surface area contributed by atoms with Gasteiger partial charge in [0.05, 0.1) is 4.47 Å². The number of halogens is 1. The fraction of sp³-hybridized carbons (Fsp3) is 0.571. The maximum Gasteiger partial charge on any atom is 0.231 e. The molecular weight excluding hydrogens is 294 g/mol. The summed E-state index contributed by atoms with van der Waals surface area (Å²) in [6.45, 7) is 5.64. The molecule has 1 atom stereocenters. The standard InChI is InChI=1S/C14H20BrNO2/c1-3-4-5-10(2)16-8-11-6-12(15)14-13(7-11)17-9-18-14/h6-7,10,16H,3-5,8-9H2,1-2H3. The number of fused-ring (bicyclic) bond motifs is 1. The van der Waals surface area contributed by atoms with Gasteiger partial charge in [-0.15, -0.1) is 0 Å². The molecule has 1 aliphatic heterocycles. The van der Waals surface area contributed by atoms with E-state index in [4.69, 9.17) is 9.47 Å². The minimum atomic E-state index is 0.317. The van der Waals surface area contributed by atoms with Gasteiger partial charge in [-0.05, 0) is 47.0 Å². The zero-order valence-corrected chi connectivity index (χ0v) is 12.5. The maximum absolute atomic E-state index is 5.41. The SMILES string of the molecule is CCCCC(C)NCc1cc(Br)c2c(c1)OCO2. The van der Waals surface area contributed by atoms with Crippen molar-refractivity contribution in [1.29, 1.82) is 0 Å². The molecule has 0 saturated carbocycles. The summed E-state index contributed by atoms with van der Waals surface area (Å²) < 4.78 is 11.8. The summed E-state index contributed by atoms with van der Waals surface area (Å²) in [6.07, 6.45) is 3.75. The van der Waals surface area contributed by atoms with Crippen LogP contribution >= 0.6 is 15.9 Å². The highest BCUT2D eigenvalue weighted by atomic mass is 79.9. The highest BCUT2D eigenvalue weighted by molar-refractivity contribution is 9.10. The first kappa shape index (κ1) is 13.7. The second-order valence-corrected chi connectivity index (χ2v) is 5.59. The number of unbranched alkanes of at least 4 members (excludes halogenated alkanes) is 1. The Morgan fingerprint density at radius 1 is 1.39 bits per heavy atom. The van der Waals surface area contributed by atoms with Gasteiger partial charge in [-0.2, -0.15) is 0 Å². The van der Waals surface area contributed by atoms with Crippen molar-refractivity contribution in [2.45, 2.75) is 45.7 Å². The van der Waals surface area contributed by atoms with Crippen molar-refractivity contribution in [2.75, 3.05) is 6.79 Å². The Hall–Kier alpha value is -0.740. The van der Waals surface area contributed by atoms with Crippen molar-refractivity contribution in [1.82, 2.24) is 5.32 Å². The largest absolute Gasteiger partial charge is 0.454 e. The summed E-state index contributed by atoms with van der Waals surface area (Å²) in [6, 6.07) is 4.69. The van der Waals surface area contributed by atoms with E-state index in [9.17, 15) is 0 Å². The van der Waals surface area contributed by atoms with Crippen molar-refractivity contribution in [2.24, 2.45) is 0 Å². The average Bonchev–Trinajstić information content (AvgIpc) is 2.82. The van der Waals surface area contributed by atoms with Crippen molar-refractivity contribution in [3.05, 3.63) is 22.2 Å². The van der Waals surface area contributed by atoms with Crippen molar-refractivity contribution in [3.8, 4) is 11.5 Å². The smallest absolute Gasteiger partial charge is 0.231 e. The van der Waals surface area contributed by atoms with E-state index in [-0.39, 0.29) is 0 Å². The van der Waals surface area contributed by atoms with E-state index in [1.165, 1.54) is 24.8 Å². The van der Waals surface area contributed by atoms with Crippen LogP contribution in [-0.2, 0) is 6.54 Å². The zero-order chi connectivity index (χ0) is 13.0. The lowest BCUT2D eigenvalue weighted by molar-refractivity contribution is 0.173. The summed E-state index contributed by atoms with van der Waals surface area (Å²) in [5.74, 6) is 1.65. The first-order valence-corrected chi connectivity index (χ1v) is 7.31. The number of rotatable bonds is 6. The van der Waals surface area contributed by atoms with Gasteiger partial charge in [-0.25, -0.2) is 0 Å². The van der Waals surface area contributed by atoms with Crippen molar-refractivity contribution < 1.29 is 9.47 Å². The summed E-state index contributed by atoms with van der Waals surface area (Å²) in [5.41, 5.74) is 1.22. The predicted octanol–water partition coefficient (Wildman–Crippen LogP) is 3.85. The van der Waals surface area contributed by atoms with E-state index in [0.717, 1.165) is 22.5 Å². The van der Waals surface area contributed by atoms with Crippen molar-refractivity contribution in [3.63, 3.8) is 0 Å². The van der Waals surface area contributed by atoms with Gasteiger partial charge >= 0.3 is 0 Å². The molecule has 4 heteroatoms. The summed E-state index contributed by atoms with van der Waals surface area (Å²) in [5, 5.41) is 3.53.